The van der Waals surface area contributed by atoms with E-state index in [2.05, 4.69) is 16.1 Å². The first-order chi connectivity index (χ1) is 12.0. The predicted octanol–water partition coefficient (Wildman–Crippen LogP) is 3.13. The third-order valence-electron chi connectivity index (χ3n) is 4.56. The highest BCUT2D eigenvalue weighted by Crippen LogP contribution is 2.28. The summed E-state index contributed by atoms with van der Waals surface area (Å²) in [5.74, 6) is -1.14. The van der Waals surface area contributed by atoms with Crippen LogP contribution in [0.5, 0.6) is 0 Å². The quantitative estimate of drug-likeness (QED) is 0.616. The van der Waals surface area contributed by atoms with Crippen molar-refractivity contribution in [2.24, 2.45) is 0 Å². The maximum absolute atomic E-state index is 12.6. The molecule has 0 heterocycles. The fourth-order valence-electron chi connectivity index (χ4n) is 3.00. The largest absolute Gasteiger partial charge is 0.478 e. The van der Waals surface area contributed by atoms with Crippen LogP contribution in [0.15, 0.2) is 34.7 Å². The molecule has 0 atom stereocenters. The lowest BCUT2D eigenvalue weighted by Crippen LogP contribution is -2.27. The van der Waals surface area contributed by atoms with Gasteiger partial charge in [0.15, 0.2) is 0 Å². The molecule has 0 radical (unpaired) electrons. The van der Waals surface area contributed by atoms with Crippen molar-refractivity contribution in [1.82, 2.24) is 4.72 Å². The first kappa shape index (κ1) is 17.9. The molecule has 0 aromatic heterocycles. The van der Waals surface area contributed by atoms with Gasteiger partial charge in [0, 0.05) is 12.6 Å². The van der Waals surface area contributed by atoms with Crippen molar-refractivity contribution >= 4 is 21.7 Å². The van der Waals surface area contributed by atoms with Gasteiger partial charge >= 0.3 is 5.97 Å². The molecule has 0 bridgehead atoms. The molecule has 3 rings (SSSR count). The maximum Gasteiger partial charge on any atom is 0.335 e. The van der Waals surface area contributed by atoms with Crippen LogP contribution in [0.1, 0.15) is 55.3 Å². The summed E-state index contributed by atoms with van der Waals surface area (Å²) >= 11 is 0. The molecule has 136 valence electrons. The number of carbonyl (C=O) groups is 1. The number of carboxylic acids is 1. The van der Waals surface area contributed by atoms with E-state index >= 15 is 0 Å². The zero-order chi connectivity index (χ0) is 17.9. The van der Waals surface area contributed by atoms with E-state index in [1.54, 1.807) is 6.07 Å². The number of aromatic carboxylic acids is 1. The van der Waals surface area contributed by atoms with Crippen LogP contribution >= 0.6 is 0 Å². The Balaban J connectivity index is 1.76. The number of carboxylic acid groups (broad SMARTS) is 1. The number of rotatable bonds is 8. The molecule has 0 unspecified atom stereocenters. The molecule has 1 saturated carbocycles. The highest BCUT2D eigenvalue weighted by atomic mass is 32.2. The van der Waals surface area contributed by atoms with Gasteiger partial charge < -0.3 is 10.4 Å². The van der Waals surface area contributed by atoms with Crippen molar-refractivity contribution < 1.29 is 18.3 Å². The summed E-state index contributed by atoms with van der Waals surface area (Å²) in [4.78, 5) is 11.2. The minimum atomic E-state index is -3.73. The van der Waals surface area contributed by atoms with Crippen LogP contribution in [0.2, 0.25) is 0 Å². The third kappa shape index (κ3) is 4.83. The topological polar surface area (TPSA) is 95.5 Å². The second-order valence-corrected chi connectivity index (χ2v) is 8.38. The summed E-state index contributed by atoms with van der Waals surface area (Å²) in [6, 6.07) is 4.18. The van der Waals surface area contributed by atoms with Crippen molar-refractivity contribution in [3.8, 4) is 0 Å². The average Bonchev–Trinajstić information content (AvgIpc) is 3.39. The van der Waals surface area contributed by atoms with Gasteiger partial charge in [-0.3, -0.25) is 0 Å². The Morgan fingerprint density at radius 1 is 1.24 bits per heavy atom. The fraction of sp³-hybridized carbons (Fsp3) is 0.500. The lowest BCUT2D eigenvalue weighted by molar-refractivity contribution is 0.0696. The van der Waals surface area contributed by atoms with Crippen LogP contribution in [0.25, 0.3) is 0 Å². The highest BCUT2D eigenvalue weighted by molar-refractivity contribution is 7.89. The fourth-order valence-corrected chi connectivity index (χ4v) is 4.51. The smallest absolute Gasteiger partial charge is 0.335 e. The Bertz CT molecular complexity index is 782. The van der Waals surface area contributed by atoms with Crippen LogP contribution in [-0.2, 0) is 10.0 Å². The van der Waals surface area contributed by atoms with Crippen molar-refractivity contribution in [3.63, 3.8) is 0 Å². The summed E-state index contributed by atoms with van der Waals surface area (Å²) in [7, 11) is -3.73. The number of hydrogen-bond acceptors (Lipinski definition) is 4. The summed E-state index contributed by atoms with van der Waals surface area (Å²) in [6.07, 6.45) is 9.47. The first-order valence-corrected chi connectivity index (χ1v) is 10.3. The van der Waals surface area contributed by atoms with E-state index < -0.39 is 16.0 Å². The van der Waals surface area contributed by atoms with E-state index in [0.717, 1.165) is 32.1 Å². The molecule has 1 aromatic rings. The number of anilines is 1. The Labute approximate surface area is 148 Å². The SMILES string of the molecule is O=C(O)c1ccc(NCCC2=CCCCC2)c(S(=O)(=O)NC2CC2)c1. The van der Waals surface area contributed by atoms with Gasteiger partial charge in [0.1, 0.15) is 4.90 Å². The zero-order valence-electron chi connectivity index (χ0n) is 14.1. The lowest BCUT2D eigenvalue weighted by Gasteiger charge is -2.16. The second-order valence-electron chi connectivity index (χ2n) is 6.70. The first-order valence-electron chi connectivity index (χ1n) is 8.77. The molecule has 3 N–H and O–H groups in total. The van der Waals surface area contributed by atoms with Gasteiger partial charge in [-0.25, -0.2) is 17.9 Å². The third-order valence-corrected chi connectivity index (χ3v) is 6.12. The van der Waals surface area contributed by atoms with Crippen LogP contribution in [0.4, 0.5) is 5.69 Å². The molecule has 2 aliphatic carbocycles. The number of allylic oxidation sites excluding steroid dienone is 1. The van der Waals surface area contributed by atoms with Crippen LogP contribution in [0, 0.1) is 0 Å². The van der Waals surface area contributed by atoms with E-state index in [9.17, 15) is 13.2 Å². The molecule has 0 amide bonds. The van der Waals surface area contributed by atoms with Crippen molar-refractivity contribution in [1.29, 1.82) is 0 Å². The lowest BCUT2D eigenvalue weighted by atomic mass is 9.97. The Morgan fingerprint density at radius 3 is 2.68 bits per heavy atom. The molecular formula is C18H24N2O4S. The van der Waals surface area contributed by atoms with Gasteiger partial charge in [0.05, 0.1) is 11.3 Å². The molecule has 2 aliphatic rings. The number of sulfonamides is 1. The van der Waals surface area contributed by atoms with Gasteiger partial charge in [-0.15, -0.1) is 0 Å². The molecule has 6 nitrogen and oxygen atoms in total. The van der Waals surface area contributed by atoms with E-state index in [-0.39, 0.29) is 16.5 Å². The summed E-state index contributed by atoms with van der Waals surface area (Å²) in [5, 5.41) is 12.3. The van der Waals surface area contributed by atoms with Crippen LogP contribution in [0.3, 0.4) is 0 Å². The molecule has 25 heavy (non-hydrogen) atoms. The summed E-state index contributed by atoms with van der Waals surface area (Å²) in [5.41, 5.74) is 1.83. The monoisotopic (exact) mass is 364 g/mol. The van der Waals surface area contributed by atoms with Crippen molar-refractivity contribution in [3.05, 3.63) is 35.4 Å². The second kappa shape index (κ2) is 7.58. The molecule has 0 saturated heterocycles. The minimum Gasteiger partial charge on any atom is -0.478 e. The van der Waals surface area contributed by atoms with Gasteiger partial charge in [0.25, 0.3) is 0 Å². The van der Waals surface area contributed by atoms with Gasteiger partial charge in [-0.2, -0.15) is 0 Å². The standard InChI is InChI=1S/C18H24N2O4S/c21-18(22)14-6-9-16(19-11-10-13-4-2-1-3-5-13)17(12-14)25(23,24)20-15-7-8-15/h4,6,9,12,15,19-20H,1-3,5,7-8,10-11H2,(H,21,22). The van der Waals surface area contributed by atoms with Gasteiger partial charge in [-0.05, 0) is 63.1 Å². The van der Waals surface area contributed by atoms with Crippen molar-refractivity contribution in [2.45, 2.75) is 55.9 Å². The van der Waals surface area contributed by atoms with E-state index in [1.807, 2.05) is 0 Å². The highest BCUT2D eigenvalue weighted by Gasteiger charge is 2.30. The predicted molar refractivity (Wildman–Crippen MR) is 96.4 cm³/mol. The van der Waals surface area contributed by atoms with Gasteiger partial charge in [-0.1, -0.05) is 11.6 Å². The molecule has 7 heteroatoms. The van der Waals surface area contributed by atoms with E-state index in [0.29, 0.717) is 12.2 Å². The number of hydrogen-bond donors (Lipinski definition) is 3. The van der Waals surface area contributed by atoms with E-state index in [1.165, 1.54) is 30.5 Å². The van der Waals surface area contributed by atoms with Crippen LogP contribution < -0.4 is 10.0 Å². The van der Waals surface area contributed by atoms with Gasteiger partial charge in [0.2, 0.25) is 10.0 Å². The van der Waals surface area contributed by atoms with Crippen LogP contribution in [-0.4, -0.2) is 32.1 Å². The number of nitrogens with one attached hydrogen (secondary N) is 2. The van der Waals surface area contributed by atoms with E-state index in [4.69, 9.17) is 5.11 Å². The molecule has 1 aromatic carbocycles. The molecule has 0 aliphatic heterocycles. The molecule has 0 spiro atoms. The average molecular weight is 364 g/mol. The Kier molecular flexibility index (Phi) is 5.44. The zero-order valence-corrected chi connectivity index (χ0v) is 14.9. The minimum absolute atomic E-state index is 0.0110. The summed E-state index contributed by atoms with van der Waals surface area (Å²) < 4.78 is 27.8. The Hall–Kier alpha value is -1.86. The van der Waals surface area contributed by atoms with Crippen molar-refractivity contribution in [2.75, 3.05) is 11.9 Å². The maximum atomic E-state index is 12.6. The normalized spacial score (nSPS) is 17.8. The number of benzene rings is 1. The molecular weight excluding hydrogens is 340 g/mol. The summed E-state index contributed by atoms with van der Waals surface area (Å²) in [6.45, 7) is 0.629. The Morgan fingerprint density at radius 2 is 2.04 bits per heavy atom. The molecule has 1 fully saturated rings.